The number of carbonyl (C=O) groups excluding carboxylic acids is 2. The number of amides is 2. The van der Waals surface area contributed by atoms with Crippen molar-refractivity contribution in [3.8, 4) is 17.2 Å². The van der Waals surface area contributed by atoms with Crippen molar-refractivity contribution in [1.29, 1.82) is 0 Å². The van der Waals surface area contributed by atoms with Crippen LogP contribution in [0.2, 0.25) is 0 Å². The molecule has 0 radical (unpaired) electrons. The number of para-hydroxylation sites is 2. The van der Waals surface area contributed by atoms with Crippen molar-refractivity contribution < 1.29 is 19.1 Å². The molecule has 37 heavy (non-hydrogen) atoms. The van der Waals surface area contributed by atoms with Crippen LogP contribution in [0.15, 0.2) is 82.4 Å². The number of thioether (sulfide) groups is 1. The Morgan fingerprint density at radius 1 is 0.946 bits per heavy atom. The highest BCUT2D eigenvalue weighted by atomic mass is 79.9. The average molecular weight is 582 g/mol. The van der Waals surface area contributed by atoms with Gasteiger partial charge in [-0.05, 0) is 60.7 Å². The highest BCUT2D eigenvalue weighted by Gasteiger charge is 2.19. The maximum Gasteiger partial charge on any atom is 0.251 e. The zero-order valence-electron chi connectivity index (χ0n) is 20.1. The maximum atomic E-state index is 12.7. The predicted molar refractivity (Wildman–Crippen MR) is 146 cm³/mol. The average Bonchev–Trinajstić information content (AvgIpc) is 3.34. The van der Waals surface area contributed by atoms with Crippen LogP contribution in [0.5, 0.6) is 11.5 Å². The van der Waals surface area contributed by atoms with Crippen LogP contribution in [0.1, 0.15) is 16.2 Å². The SMILES string of the molecule is COc1ccc(C(=O)NCc2nnc(SCC(=O)Nc3ccc(Br)cc3)n2-c2ccccc2OC)cc1. The Bertz CT molecular complexity index is 1380. The van der Waals surface area contributed by atoms with E-state index in [0.717, 1.165) is 4.47 Å². The molecule has 4 aromatic rings. The Balaban J connectivity index is 1.52. The van der Waals surface area contributed by atoms with Crippen molar-refractivity contribution in [1.82, 2.24) is 20.1 Å². The summed E-state index contributed by atoms with van der Waals surface area (Å²) in [6, 6.07) is 21.6. The van der Waals surface area contributed by atoms with E-state index in [1.165, 1.54) is 11.8 Å². The molecule has 2 N–H and O–H groups in total. The number of halogens is 1. The monoisotopic (exact) mass is 581 g/mol. The van der Waals surface area contributed by atoms with Crippen LogP contribution in [0, 0.1) is 0 Å². The number of benzene rings is 3. The van der Waals surface area contributed by atoms with Gasteiger partial charge in [-0.15, -0.1) is 10.2 Å². The molecular formula is C26H24BrN5O4S. The quantitative estimate of drug-likeness (QED) is 0.261. The lowest BCUT2D eigenvalue weighted by molar-refractivity contribution is -0.113. The number of methoxy groups -OCH3 is 2. The Hall–Kier alpha value is -3.83. The molecule has 1 heterocycles. The van der Waals surface area contributed by atoms with Gasteiger partial charge in [-0.25, -0.2) is 0 Å². The van der Waals surface area contributed by atoms with Gasteiger partial charge >= 0.3 is 0 Å². The lowest BCUT2D eigenvalue weighted by Crippen LogP contribution is -2.24. The first-order valence-corrected chi connectivity index (χ1v) is 12.9. The molecule has 3 aromatic carbocycles. The van der Waals surface area contributed by atoms with E-state index in [1.54, 1.807) is 43.1 Å². The number of rotatable bonds is 10. The molecule has 11 heteroatoms. The van der Waals surface area contributed by atoms with Crippen LogP contribution in [0.4, 0.5) is 5.69 Å². The van der Waals surface area contributed by atoms with Crippen LogP contribution in [0.3, 0.4) is 0 Å². The minimum atomic E-state index is -0.264. The number of nitrogens with zero attached hydrogens (tertiary/aromatic N) is 3. The van der Waals surface area contributed by atoms with Gasteiger partial charge in [0.1, 0.15) is 11.5 Å². The number of anilines is 1. The molecule has 0 aliphatic rings. The van der Waals surface area contributed by atoms with Crippen LogP contribution < -0.4 is 20.1 Å². The Kier molecular flexibility index (Phi) is 8.81. The molecule has 9 nitrogen and oxygen atoms in total. The molecule has 0 atom stereocenters. The molecule has 0 aliphatic heterocycles. The largest absolute Gasteiger partial charge is 0.497 e. The standard InChI is InChI=1S/C26H24BrN5O4S/c1-35-20-13-7-17(8-14-20)25(34)28-15-23-30-31-26(32(23)21-5-3-4-6-22(21)36-2)37-16-24(33)29-19-11-9-18(27)10-12-19/h3-14H,15-16H2,1-2H3,(H,28,34)(H,29,33). The Morgan fingerprint density at radius 3 is 2.38 bits per heavy atom. The van der Waals surface area contributed by atoms with Gasteiger partial charge < -0.3 is 20.1 Å². The number of hydrogen-bond donors (Lipinski definition) is 2. The molecule has 0 saturated heterocycles. The van der Waals surface area contributed by atoms with Gasteiger partial charge in [-0.1, -0.05) is 39.8 Å². The minimum Gasteiger partial charge on any atom is -0.497 e. The van der Waals surface area contributed by atoms with Gasteiger partial charge in [0.2, 0.25) is 5.91 Å². The number of aromatic nitrogens is 3. The van der Waals surface area contributed by atoms with E-state index >= 15 is 0 Å². The zero-order chi connectivity index (χ0) is 26.2. The van der Waals surface area contributed by atoms with Gasteiger partial charge in [0.15, 0.2) is 11.0 Å². The van der Waals surface area contributed by atoms with Crippen molar-refractivity contribution in [2.24, 2.45) is 0 Å². The topological polar surface area (TPSA) is 107 Å². The summed E-state index contributed by atoms with van der Waals surface area (Å²) in [4.78, 5) is 25.3. The van der Waals surface area contributed by atoms with Crippen molar-refractivity contribution in [2.45, 2.75) is 11.7 Å². The Labute approximate surface area is 226 Å². The molecule has 0 aliphatic carbocycles. The summed E-state index contributed by atoms with van der Waals surface area (Å²) in [5.74, 6) is 1.42. The fraction of sp³-hybridized carbons (Fsp3) is 0.154. The summed E-state index contributed by atoms with van der Waals surface area (Å²) < 4.78 is 13.4. The summed E-state index contributed by atoms with van der Waals surface area (Å²) in [6.07, 6.45) is 0. The van der Waals surface area contributed by atoms with E-state index in [0.29, 0.717) is 39.4 Å². The molecular weight excluding hydrogens is 558 g/mol. The summed E-state index contributed by atoms with van der Waals surface area (Å²) in [6.45, 7) is 0.113. The van der Waals surface area contributed by atoms with Crippen LogP contribution in [-0.4, -0.2) is 46.6 Å². The Morgan fingerprint density at radius 2 is 1.68 bits per heavy atom. The van der Waals surface area contributed by atoms with E-state index in [4.69, 9.17) is 9.47 Å². The minimum absolute atomic E-state index is 0.113. The van der Waals surface area contributed by atoms with E-state index in [2.05, 4.69) is 36.8 Å². The van der Waals surface area contributed by atoms with Crippen LogP contribution in [-0.2, 0) is 11.3 Å². The third kappa shape index (κ3) is 6.69. The summed E-state index contributed by atoms with van der Waals surface area (Å²) in [5.41, 5.74) is 1.88. The third-order valence-corrected chi connectivity index (χ3v) is 6.70. The lowest BCUT2D eigenvalue weighted by Gasteiger charge is -2.14. The second kappa shape index (κ2) is 12.4. The zero-order valence-corrected chi connectivity index (χ0v) is 22.5. The second-order valence-corrected chi connectivity index (χ2v) is 9.52. The number of hydrogen-bond acceptors (Lipinski definition) is 7. The molecule has 0 fully saturated rings. The predicted octanol–water partition coefficient (Wildman–Crippen LogP) is 4.71. The van der Waals surface area contributed by atoms with Gasteiger partial charge in [0.25, 0.3) is 5.91 Å². The lowest BCUT2D eigenvalue weighted by atomic mass is 10.2. The molecule has 0 bridgehead atoms. The molecule has 0 unspecified atom stereocenters. The van der Waals surface area contributed by atoms with Gasteiger partial charge in [-0.3, -0.25) is 14.2 Å². The third-order valence-electron chi connectivity index (χ3n) is 5.25. The van der Waals surface area contributed by atoms with E-state index in [1.807, 2.05) is 48.5 Å². The smallest absolute Gasteiger partial charge is 0.251 e. The molecule has 190 valence electrons. The maximum absolute atomic E-state index is 12.7. The molecule has 1 aromatic heterocycles. The molecule has 2 amide bonds. The van der Waals surface area contributed by atoms with Crippen molar-refractivity contribution in [3.63, 3.8) is 0 Å². The molecule has 0 spiro atoms. The molecule has 0 saturated carbocycles. The first-order valence-electron chi connectivity index (χ1n) is 11.2. The van der Waals surface area contributed by atoms with Crippen molar-refractivity contribution in [3.05, 3.63) is 88.7 Å². The number of carbonyl (C=O) groups is 2. The van der Waals surface area contributed by atoms with E-state index < -0.39 is 0 Å². The normalized spacial score (nSPS) is 10.6. The second-order valence-electron chi connectivity index (χ2n) is 7.66. The summed E-state index contributed by atoms with van der Waals surface area (Å²) >= 11 is 4.61. The van der Waals surface area contributed by atoms with Crippen LogP contribution >= 0.6 is 27.7 Å². The first-order chi connectivity index (χ1) is 18.0. The van der Waals surface area contributed by atoms with Gasteiger partial charge in [0, 0.05) is 15.7 Å². The number of nitrogens with one attached hydrogen (secondary N) is 2. The fourth-order valence-electron chi connectivity index (χ4n) is 3.43. The van der Waals surface area contributed by atoms with Gasteiger partial charge in [-0.2, -0.15) is 0 Å². The van der Waals surface area contributed by atoms with Crippen molar-refractivity contribution >= 4 is 45.2 Å². The fourth-order valence-corrected chi connectivity index (χ4v) is 4.46. The first kappa shape index (κ1) is 26.2. The summed E-state index contributed by atoms with van der Waals surface area (Å²) in [5, 5.41) is 14.8. The summed E-state index contributed by atoms with van der Waals surface area (Å²) in [7, 11) is 3.15. The highest BCUT2D eigenvalue weighted by Crippen LogP contribution is 2.29. The van der Waals surface area contributed by atoms with Crippen LogP contribution in [0.25, 0.3) is 5.69 Å². The molecule has 4 rings (SSSR count). The number of ether oxygens (including phenoxy) is 2. The van der Waals surface area contributed by atoms with E-state index in [-0.39, 0.29) is 24.1 Å². The van der Waals surface area contributed by atoms with E-state index in [9.17, 15) is 9.59 Å². The van der Waals surface area contributed by atoms with Crippen molar-refractivity contribution in [2.75, 3.05) is 25.3 Å². The van der Waals surface area contributed by atoms with Gasteiger partial charge in [0.05, 0.1) is 32.2 Å². The highest BCUT2D eigenvalue weighted by molar-refractivity contribution is 9.10.